The molecule has 2 rings (SSSR count). The minimum absolute atomic E-state index is 0.348. The number of carbonyl (C=O) groups is 1. The smallest absolute Gasteiger partial charge is 0.328 e. The topological polar surface area (TPSA) is 37.3 Å². The summed E-state index contributed by atoms with van der Waals surface area (Å²) in [6.07, 6.45) is 9.66. The van der Waals surface area contributed by atoms with Crippen LogP contribution in [0.5, 0.6) is 0 Å². The Kier molecular flexibility index (Phi) is 4.89. The third-order valence-corrected chi connectivity index (χ3v) is 6.52. The van der Waals surface area contributed by atoms with Crippen LogP contribution < -0.4 is 0 Å². The summed E-state index contributed by atoms with van der Waals surface area (Å²) in [6.45, 7) is 13.7. The van der Waals surface area contributed by atoms with Crippen LogP contribution in [-0.2, 0) is 4.79 Å². The van der Waals surface area contributed by atoms with Crippen molar-refractivity contribution in [1.82, 2.24) is 0 Å². The van der Waals surface area contributed by atoms with Gasteiger partial charge in [-0.15, -0.1) is 0 Å². The highest BCUT2D eigenvalue weighted by atomic mass is 16.4. The Morgan fingerprint density at radius 2 is 2.05 bits per heavy atom. The van der Waals surface area contributed by atoms with E-state index < -0.39 is 5.97 Å². The first-order valence-corrected chi connectivity index (χ1v) is 8.74. The Balaban J connectivity index is 2.17. The SMILES string of the molecule is C=C1CC[C@@H]2C(C)(C)CCC[C@]2(C)[C@@H]1CC/C(C)=C/C(=O)O. The molecule has 0 saturated heterocycles. The Morgan fingerprint density at radius 3 is 2.68 bits per heavy atom. The lowest BCUT2D eigenvalue weighted by Crippen LogP contribution is -2.49. The van der Waals surface area contributed by atoms with Crippen molar-refractivity contribution in [2.75, 3.05) is 0 Å². The molecule has 0 spiro atoms. The van der Waals surface area contributed by atoms with Crippen LogP contribution in [0.4, 0.5) is 0 Å². The summed E-state index contributed by atoms with van der Waals surface area (Å²) < 4.78 is 0. The minimum Gasteiger partial charge on any atom is -0.478 e. The summed E-state index contributed by atoms with van der Waals surface area (Å²) in [5.74, 6) is 0.485. The van der Waals surface area contributed by atoms with E-state index in [-0.39, 0.29) is 0 Å². The number of fused-ring (bicyclic) bond motifs is 1. The van der Waals surface area contributed by atoms with Crippen molar-refractivity contribution in [3.05, 3.63) is 23.8 Å². The number of hydrogen-bond acceptors (Lipinski definition) is 1. The van der Waals surface area contributed by atoms with Crippen LogP contribution in [0.2, 0.25) is 0 Å². The first-order chi connectivity index (χ1) is 10.2. The highest BCUT2D eigenvalue weighted by molar-refractivity contribution is 5.80. The summed E-state index contributed by atoms with van der Waals surface area (Å²) >= 11 is 0. The highest BCUT2D eigenvalue weighted by Gasteiger charge is 2.52. The monoisotopic (exact) mass is 304 g/mol. The van der Waals surface area contributed by atoms with E-state index in [2.05, 4.69) is 27.4 Å². The molecule has 124 valence electrons. The van der Waals surface area contributed by atoms with E-state index in [1.807, 2.05) is 6.92 Å². The standard InChI is InChI=1S/C20H32O2/c1-14(13-18(21)22)7-9-16-15(2)8-10-17-19(3,4)11-6-12-20(16,17)5/h13,16-17H,2,6-12H2,1,3-5H3,(H,21,22)/b14-13+/t16-,17-,20-/m1/s1. The molecule has 2 fully saturated rings. The van der Waals surface area contributed by atoms with Crippen molar-refractivity contribution in [2.24, 2.45) is 22.7 Å². The van der Waals surface area contributed by atoms with E-state index in [9.17, 15) is 4.79 Å². The number of carboxylic acids is 1. The van der Waals surface area contributed by atoms with Gasteiger partial charge in [-0.3, -0.25) is 0 Å². The molecule has 2 aliphatic rings. The Bertz CT molecular complexity index is 486. The van der Waals surface area contributed by atoms with Gasteiger partial charge in [-0.1, -0.05) is 44.9 Å². The number of allylic oxidation sites excluding steroid dienone is 2. The molecule has 0 amide bonds. The fraction of sp³-hybridized carbons (Fsp3) is 0.750. The van der Waals surface area contributed by atoms with Gasteiger partial charge < -0.3 is 5.11 Å². The summed E-state index contributed by atoms with van der Waals surface area (Å²) in [6, 6.07) is 0. The van der Waals surface area contributed by atoms with Crippen molar-refractivity contribution < 1.29 is 9.90 Å². The molecule has 0 bridgehead atoms. The van der Waals surface area contributed by atoms with Crippen LogP contribution in [0.1, 0.15) is 72.6 Å². The molecule has 1 N–H and O–H groups in total. The molecule has 0 unspecified atom stereocenters. The number of aliphatic carboxylic acids is 1. The highest BCUT2D eigenvalue weighted by Crippen LogP contribution is 2.61. The zero-order valence-corrected chi connectivity index (χ0v) is 14.7. The predicted molar refractivity (Wildman–Crippen MR) is 91.7 cm³/mol. The second kappa shape index (κ2) is 6.22. The van der Waals surface area contributed by atoms with Crippen molar-refractivity contribution in [2.45, 2.75) is 72.6 Å². The molecule has 0 radical (unpaired) electrons. The third-order valence-electron chi connectivity index (χ3n) is 6.52. The van der Waals surface area contributed by atoms with Crippen LogP contribution in [0.15, 0.2) is 23.8 Å². The lowest BCUT2D eigenvalue weighted by Gasteiger charge is -2.58. The van der Waals surface area contributed by atoms with Crippen molar-refractivity contribution in [3.63, 3.8) is 0 Å². The zero-order chi connectivity index (χ0) is 16.5. The van der Waals surface area contributed by atoms with E-state index >= 15 is 0 Å². The van der Waals surface area contributed by atoms with Crippen LogP contribution in [0.25, 0.3) is 0 Å². The maximum Gasteiger partial charge on any atom is 0.328 e. The van der Waals surface area contributed by atoms with Gasteiger partial charge in [-0.2, -0.15) is 0 Å². The average Bonchev–Trinajstić information content (AvgIpc) is 2.35. The van der Waals surface area contributed by atoms with Gasteiger partial charge in [-0.05, 0) is 68.1 Å². The fourth-order valence-corrected chi connectivity index (χ4v) is 5.46. The third kappa shape index (κ3) is 3.31. The number of rotatable bonds is 4. The largest absolute Gasteiger partial charge is 0.478 e. The Morgan fingerprint density at radius 1 is 1.36 bits per heavy atom. The maximum absolute atomic E-state index is 10.8. The Labute approximate surface area is 135 Å². The second-order valence-corrected chi connectivity index (χ2v) is 8.52. The minimum atomic E-state index is -0.831. The van der Waals surface area contributed by atoms with Crippen molar-refractivity contribution >= 4 is 5.97 Å². The van der Waals surface area contributed by atoms with Crippen LogP contribution >= 0.6 is 0 Å². The van der Waals surface area contributed by atoms with Gasteiger partial charge in [0.25, 0.3) is 0 Å². The maximum atomic E-state index is 10.8. The number of carboxylic acid groups (broad SMARTS) is 1. The fourth-order valence-electron chi connectivity index (χ4n) is 5.46. The predicted octanol–water partition coefficient (Wildman–Crippen LogP) is 5.60. The normalized spacial score (nSPS) is 35.1. The quantitative estimate of drug-likeness (QED) is 0.542. The molecule has 0 aromatic rings. The summed E-state index contributed by atoms with van der Waals surface area (Å²) in [4.78, 5) is 10.8. The molecule has 0 aromatic carbocycles. The molecular weight excluding hydrogens is 272 g/mol. The lowest BCUT2D eigenvalue weighted by atomic mass is 9.47. The van der Waals surface area contributed by atoms with Gasteiger partial charge >= 0.3 is 5.97 Å². The molecule has 3 atom stereocenters. The van der Waals surface area contributed by atoms with Gasteiger partial charge in [-0.25, -0.2) is 4.79 Å². The Hall–Kier alpha value is -1.05. The molecule has 2 heteroatoms. The van der Waals surface area contributed by atoms with E-state index in [0.29, 0.717) is 16.7 Å². The molecule has 2 nitrogen and oxygen atoms in total. The molecule has 2 aliphatic carbocycles. The van der Waals surface area contributed by atoms with Gasteiger partial charge in [0.2, 0.25) is 0 Å². The average molecular weight is 304 g/mol. The van der Waals surface area contributed by atoms with Crippen molar-refractivity contribution in [1.29, 1.82) is 0 Å². The van der Waals surface area contributed by atoms with E-state index in [1.165, 1.54) is 37.3 Å². The van der Waals surface area contributed by atoms with Crippen molar-refractivity contribution in [3.8, 4) is 0 Å². The summed E-state index contributed by atoms with van der Waals surface area (Å²) in [5.41, 5.74) is 3.15. The molecule has 22 heavy (non-hydrogen) atoms. The first kappa shape index (κ1) is 17.3. The van der Waals surface area contributed by atoms with Crippen LogP contribution in [-0.4, -0.2) is 11.1 Å². The van der Waals surface area contributed by atoms with Crippen LogP contribution in [0, 0.1) is 22.7 Å². The molecular formula is C20H32O2. The van der Waals surface area contributed by atoms with E-state index in [1.54, 1.807) is 0 Å². The second-order valence-electron chi connectivity index (χ2n) is 8.52. The first-order valence-electron chi connectivity index (χ1n) is 8.74. The lowest BCUT2D eigenvalue weighted by molar-refractivity contribution is -0.131. The number of hydrogen-bond donors (Lipinski definition) is 1. The molecule has 0 aromatic heterocycles. The van der Waals surface area contributed by atoms with Gasteiger partial charge in [0.1, 0.15) is 0 Å². The van der Waals surface area contributed by atoms with Gasteiger partial charge in [0, 0.05) is 6.08 Å². The molecule has 2 saturated carbocycles. The molecule has 0 heterocycles. The molecule has 0 aliphatic heterocycles. The zero-order valence-electron chi connectivity index (χ0n) is 14.7. The summed E-state index contributed by atoms with van der Waals surface area (Å²) in [5, 5.41) is 8.89. The van der Waals surface area contributed by atoms with E-state index in [4.69, 9.17) is 5.11 Å². The van der Waals surface area contributed by atoms with E-state index in [0.717, 1.165) is 30.8 Å². The van der Waals surface area contributed by atoms with Gasteiger partial charge in [0.05, 0.1) is 0 Å². The summed E-state index contributed by atoms with van der Waals surface area (Å²) in [7, 11) is 0. The van der Waals surface area contributed by atoms with Gasteiger partial charge in [0.15, 0.2) is 0 Å². The van der Waals surface area contributed by atoms with Crippen LogP contribution in [0.3, 0.4) is 0 Å².